The van der Waals surface area contributed by atoms with Gasteiger partial charge in [0.05, 0.1) is 12.7 Å². The lowest BCUT2D eigenvalue weighted by atomic mass is 10.0. The Labute approximate surface area is 158 Å². The van der Waals surface area contributed by atoms with Gasteiger partial charge in [0.25, 0.3) is 0 Å². The molecule has 0 fully saturated rings. The maximum Gasteiger partial charge on any atom is 0.119 e. The summed E-state index contributed by atoms with van der Waals surface area (Å²) in [4.78, 5) is 0. The number of allylic oxidation sites excluding steroid dienone is 2. The van der Waals surface area contributed by atoms with Gasteiger partial charge in [0.15, 0.2) is 0 Å². The first-order chi connectivity index (χ1) is 12.6. The lowest BCUT2D eigenvalue weighted by Crippen LogP contribution is -2.01. The van der Waals surface area contributed by atoms with Crippen molar-refractivity contribution < 1.29 is 4.74 Å². The third-order valence-electron chi connectivity index (χ3n) is 3.78. The van der Waals surface area contributed by atoms with Gasteiger partial charge in [-0.3, -0.25) is 0 Å². The van der Waals surface area contributed by atoms with Crippen LogP contribution in [0, 0.1) is 31.1 Å². The zero-order valence-corrected chi connectivity index (χ0v) is 16.1. The number of rotatable bonds is 5. The standard InChI is InChI=1S/C20H21NO.C2H2.CH5N/c1-15-7-9-18(10-8-15)11-12-22-20-6-4-5-19(13-20)17(3)16(2)14-21;2*1-2/h4-10,13H,11-12H2,1-3H3;1-2H;2H2,1H3/b17-16-;;. The summed E-state index contributed by atoms with van der Waals surface area (Å²) >= 11 is 0. The Morgan fingerprint density at radius 2 is 1.69 bits per heavy atom. The second kappa shape index (κ2) is 13.3. The van der Waals surface area contributed by atoms with Crippen molar-refractivity contribution >= 4 is 5.57 Å². The highest BCUT2D eigenvalue weighted by atomic mass is 16.5. The fourth-order valence-electron chi connectivity index (χ4n) is 2.16. The van der Waals surface area contributed by atoms with Gasteiger partial charge in [0.2, 0.25) is 0 Å². The molecule has 26 heavy (non-hydrogen) atoms. The van der Waals surface area contributed by atoms with Gasteiger partial charge in [-0.25, -0.2) is 0 Å². The molecular formula is C23H28N2O. The van der Waals surface area contributed by atoms with Crippen LogP contribution in [0.1, 0.15) is 30.5 Å². The Hall–Kier alpha value is -3.01. The van der Waals surface area contributed by atoms with Crippen molar-refractivity contribution in [2.24, 2.45) is 5.73 Å². The highest BCUT2D eigenvalue weighted by molar-refractivity contribution is 5.70. The van der Waals surface area contributed by atoms with E-state index < -0.39 is 0 Å². The highest BCUT2D eigenvalue weighted by Crippen LogP contribution is 2.22. The highest BCUT2D eigenvalue weighted by Gasteiger charge is 2.02. The molecule has 0 bridgehead atoms. The first kappa shape index (κ1) is 23.0. The zero-order valence-electron chi connectivity index (χ0n) is 16.1. The van der Waals surface area contributed by atoms with Crippen LogP contribution in [-0.2, 0) is 6.42 Å². The van der Waals surface area contributed by atoms with Gasteiger partial charge in [-0.05, 0) is 56.7 Å². The van der Waals surface area contributed by atoms with Crippen molar-refractivity contribution in [2.45, 2.75) is 27.2 Å². The molecule has 0 radical (unpaired) electrons. The van der Waals surface area contributed by atoms with Crippen LogP contribution < -0.4 is 10.5 Å². The number of benzene rings is 2. The van der Waals surface area contributed by atoms with E-state index in [-0.39, 0.29) is 0 Å². The number of hydrogen-bond acceptors (Lipinski definition) is 3. The molecule has 3 nitrogen and oxygen atoms in total. The van der Waals surface area contributed by atoms with Crippen LogP contribution in [0.3, 0.4) is 0 Å². The van der Waals surface area contributed by atoms with Gasteiger partial charge < -0.3 is 10.5 Å². The monoisotopic (exact) mass is 348 g/mol. The molecule has 0 saturated heterocycles. The summed E-state index contributed by atoms with van der Waals surface area (Å²) < 4.78 is 5.84. The smallest absolute Gasteiger partial charge is 0.119 e. The van der Waals surface area contributed by atoms with Crippen molar-refractivity contribution in [2.75, 3.05) is 13.7 Å². The summed E-state index contributed by atoms with van der Waals surface area (Å²) in [6.45, 7) is 6.53. The number of hydrogen-bond donors (Lipinski definition) is 1. The molecule has 0 unspecified atom stereocenters. The van der Waals surface area contributed by atoms with E-state index in [4.69, 9.17) is 10.00 Å². The van der Waals surface area contributed by atoms with Gasteiger partial charge in [-0.1, -0.05) is 42.0 Å². The second-order valence-corrected chi connectivity index (χ2v) is 5.47. The molecule has 2 aromatic carbocycles. The van der Waals surface area contributed by atoms with E-state index >= 15 is 0 Å². The Bertz CT molecular complexity index is 750. The first-order valence-electron chi connectivity index (χ1n) is 8.37. The average Bonchev–Trinajstić information content (AvgIpc) is 2.71. The lowest BCUT2D eigenvalue weighted by Gasteiger charge is -2.09. The quantitative estimate of drug-likeness (QED) is 0.626. The van der Waals surface area contributed by atoms with Gasteiger partial charge in [0, 0.05) is 12.0 Å². The average molecular weight is 348 g/mol. The molecule has 0 heterocycles. The number of terminal acetylenes is 1. The van der Waals surface area contributed by atoms with E-state index in [9.17, 15) is 0 Å². The third-order valence-corrected chi connectivity index (χ3v) is 3.78. The van der Waals surface area contributed by atoms with Crippen LogP contribution in [-0.4, -0.2) is 13.7 Å². The topological polar surface area (TPSA) is 59.0 Å². The van der Waals surface area contributed by atoms with Gasteiger partial charge >= 0.3 is 0 Å². The van der Waals surface area contributed by atoms with E-state index in [0.717, 1.165) is 28.9 Å². The van der Waals surface area contributed by atoms with Crippen molar-refractivity contribution in [3.8, 4) is 24.7 Å². The molecule has 2 rings (SSSR count). The van der Waals surface area contributed by atoms with Gasteiger partial charge in [-0.15, -0.1) is 12.8 Å². The minimum Gasteiger partial charge on any atom is -0.493 e. The van der Waals surface area contributed by atoms with Crippen LogP contribution in [0.25, 0.3) is 5.57 Å². The molecule has 2 aromatic rings. The lowest BCUT2D eigenvalue weighted by molar-refractivity contribution is 0.322. The van der Waals surface area contributed by atoms with Crippen molar-refractivity contribution in [1.29, 1.82) is 5.26 Å². The van der Waals surface area contributed by atoms with Crippen LogP contribution in [0.4, 0.5) is 0 Å². The summed E-state index contributed by atoms with van der Waals surface area (Å²) in [5, 5.41) is 8.98. The number of nitrogens with two attached hydrogens (primary N) is 1. The van der Waals surface area contributed by atoms with Crippen molar-refractivity contribution in [3.63, 3.8) is 0 Å². The summed E-state index contributed by atoms with van der Waals surface area (Å²) in [5.41, 5.74) is 9.81. The van der Waals surface area contributed by atoms with Crippen molar-refractivity contribution in [1.82, 2.24) is 0 Å². The molecule has 136 valence electrons. The third kappa shape index (κ3) is 7.71. The minimum atomic E-state index is 0.645. The summed E-state index contributed by atoms with van der Waals surface area (Å²) in [6, 6.07) is 18.6. The van der Waals surface area contributed by atoms with Crippen LogP contribution in [0.2, 0.25) is 0 Å². The molecule has 0 amide bonds. The number of ether oxygens (including phenoxy) is 1. The predicted molar refractivity (Wildman–Crippen MR) is 111 cm³/mol. The summed E-state index contributed by atoms with van der Waals surface area (Å²) in [7, 11) is 1.50. The normalized spacial score (nSPS) is 10.1. The van der Waals surface area contributed by atoms with E-state index in [1.54, 1.807) is 0 Å². The Morgan fingerprint density at radius 3 is 2.27 bits per heavy atom. The number of aryl methyl sites for hydroxylation is 1. The van der Waals surface area contributed by atoms with Gasteiger partial charge in [0.1, 0.15) is 5.75 Å². The van der Waals surface area contributed by atoms with E-state index in [0.29, 0.717) is 6.61 Å². The Kier molecular flexibility index (Phi) is 11.8. The van der Waals surface area contributed by atoms with E-state index in [1.165, 1.54) is 18.2 Å². The molecule has 0 aliphatic rings. The number of nitrogens with zero attached hydrogens (tertiary/aromatic N) is 1. The predicted octanol–water partition coefficient (Wildman–Crippen LogP) is 4.76. The van der Waals surface area contributed by atoms with Crippen LogP contribution in [0.15, 0.2) is 54.1 Å². The van der Waals surface area contributed by atoms with Crippen LogP contribution >= 0.6 is 0 Å². The first-order valence-corrected chi connectivity index (χ1v) is 8.37. The maximum atomic E-state index is 8.98. The Balaban J connectivity index is 0.00000146. The molecule has 0 aliphatic carbocycles. The summed E-state index contributed by atoms with van der Waals surface area (Å²) in [6.07, 6.45) is 8.89. The molecule has 0 atom stereocenters. The van der Waals surface area contributed by atoms with Gasteiger partial charge in [-0.2, -0.15) is 5.26 Å². The van der Waals surface area contributed by atoms with E-state index in [1.807, 2.05) is 38.1 Å². The zero-order chi connectivity index (χ0) is 19.9. The SMILES string of the molecule is C#C.C/C(C#N)=C(\C)c1cccc(OCCc2ccc(C)cc2)c1.CN. The molecule has 3 heteroatoms. The Morgan fingerprint density at radius 1 is 1.08 bits per heavy atom. The van der Waals surface area contributed by atoms with E-state index in [2.05, 4.69) is 55.8 Å². The summed E-state index contributed by atoms with van der Waals surface area (Å²) in [5.74, 6) is 0.842. The molecule has 2 N–H and O–H groups in total. The minimum absolute atomic E-state index is 0.645. The maximum absolute atomic E-state index is 8.98. The number of nitriles is 1. The van der Waals surface area contributed by atoms with Crippen LogP contribution in [0.5, 0.6) is 5.75 Å². The largest absolute Gasteiger partial charge is 0.493 e. The molecule has 0 aromatic heterocycles. The molecule has 0 saturated carbocycles. The second-order valence-electron chi connectivity index (χ2n) is 5.47. The molecular weight excluding hydrogens is 320 g/mol. The molecule has 0 aliphatic heterocycles. The van der Waals surface area contributed by atoms with Crippen molar-refractivity contribution in [3.05, 3.63) is 70.8 Å². The fourth-order valence-corrected chi connectivity index (χ4v) is 2.16. The fraction of sp³-hybridized carbons (Fsp3) is 0.261. The molecule has 0 spiro atoms.